The van der Waals surface area contributed by atoms with Crippen LogP contribution in [-0.4, -0.2) is 0 Å². The summed E-state index contributed by atoms with van der Waals surface area (Å²) in [5.74, 6) is 2.25. The van der Waals surface area contributed by atoms with Gasteiger partial charge in [-0.1, -0.05) is 75.6 Å². The lowest BCUT2D eigenvalue weighted by molar-refractivity contribution is 0.632. The van der Waals surface area contributed by atoms with Crippen molar-refractivity contribution in [2.75, 3.05) is 5.32 Å². The largest absolute Gasteiger partial charge is 0.355 e. The average Bonchev–Trinajstić information content (AvgIpc) is 2.66. The highest BCUT2D eigenvalue weighted by atomic mass is 14.9. The number of nitrogens with one attached hydrogen (secondary N) is 1. The van der Waals surface area contributed by atoms with Crippen molar-refractivity contribution in [2.24, 2.45) is 0 Å². The number of terminal acetylenes is 1. The zero-order valence-corrected chi connectivity index (χ0v) is 17.6. The summed E-state index contributed by atoms with van der Waals surface area (Å²) in [5, 5.41) is 3.46. The van der Waals surface area contributed by atoms with E-state index < -0.39 is 0 Å². The first-order valence-corrected chi connectivity index (χ1v) is 10.0. The molecule has 0 aliphatic rings. The molecule has 2 rings (SSSR count). The van der Waals surface area contributed by atoms with Gasteiger partial charge in [0.25, 0.3) is 0 Å². The lowest BCUT2D eigenvalue weighted by atomic mass is 10.0. The summed E-state index contributed by atoms with van der Waals surface area (Å²) in [6.45, 7) is 12.4. The van der Waals surface area contributed by atoms with Gasteiger partial charge in [0, 0.05) is 11.4 Å². The zero-order chi connectivity index (χ0) is 20.1. The maximum Gasteiger partial charge on any atom is 0.0416 e. The Kier molecular flexibility index (Phi) is 10.7. The lowest BCUT2D eigenvalue weighted by Crippen LogP contribution is -2.00. The molecular formula is C26H35N. The van der Waals surface area contributed by atoms with Gasteiger partial charge in [-0.3, -0.25) is 0 Å². The van der Waals surface area contributed by atoms with Gasteiger partial charge in [0.15, 0.2) is 0 Å². The van der Waals surface area contributed by atoms with Gasteiger partial charge in [-0.15, -0.1) is 12.3 Å². The van der Waals surface area contributed by atoms with Crippen molar-refractivity contribution in [2.45, 2.75) is 66.2 Å². The Bertz CT molecular complexity index is 732. The fourth-order valence-corrected chi connectivity index (χ4v) is 2.93. The van der Waals surface area contributed by atoms with E-state index in [2.05, 4.69) is 87.5 Å². The molecule has 0 heterocycles. The second-order valence-corrected chi connectivity index (χ2v) is 7.00. The molecule has 1 N–H and O–H groups in total. The van der Waals surface area contributed by atoms with Gasteiger partial charge in [0.05, 0.1) is 0 Å². The second-order valence-electron chi connectivity index (χ2n) is 7.00. The fraction of sp³-hybridized carbons (Fsp3) is 0.385. The Morgan fingerprint density at radius 3 is 2.26 bits per heavy atom. The van der Waals surface area contributed by atoms with E-state index in [4.69, 9.17) is 0 Å². The van der Waals surface area contributed by atoms with Gasteiger partial charge in [0.2, 0.25) is 0 Å². The summed E-state index contributed by atoms with van der Waals surface area (Å²) < 4.78 is 0. The van der Waals surface area contributed by atoms with E-state index in [9.17, 15) is 0 Å². The number of unbranched alkanes of at least 4 members (excludes halogenated alkanes) is 4. The standard InChI is InChI=1S/C23H31N.C3H4/c1-5-6-7-8-9-12-21-14-16-22(17-15-21)20(4)24-23-13-10-11-18(2)19(23)3;1-3-2/h10-11,13-17,24H,4-9,12H2,1-3H3;1H,2H3. The van der Waals surface area contributed by atoms with Crippen LogP contribution in [0.1, 0.15) is 68.2 Å². The number of anilines is 1. The number of aryl methyl sites for hydroxylation is 2. The smallest absolute Gasteiger partial charge is 0.0416 e. The normalized spacial score (nSPS) is 9.74. The zero-order valence-electron chi connectivity index (χ0n) is 17.6. The van der Waals surface area contributed by atoms with E-state index in [1.54, 1.807) is 6.92 Å². The number of hydrogen-bond donors (Lipinski definition) is 1. The first-order valence-electron chi connectivity index (χ1n) is 10.0. The average molecular weight is 362 g/mol. The Morgan fingerprint density at radius 2 is 1.63 bits per heavy atom. The van der Waals surface area contributed by atoms with Crippen molar-refractivity contribution in [1.82, 2.24) is 0 Å². The van der Waals surface area contributed by atoms with E-state index in [-0.39, 0.29) is 0 Å². The Labute approximate surface area is 166 Å². The minimum atomic E-state index is 0.957. The predicted molar refractivity (Wildman–Crippen MR) is 122 cm³/mol. The third-order valence-electron chi connectivity index (χ3n) is 4.76. The summed E-state index contributed by atoms with van der Waals surface area (Å²) >= 11 is 0. The third kappa shape index (κ3) is 8.18. The minimum Gasteiger partial charge on any atom is -0.355 e. The molecule has 0 aliphatic carbocycles. The molecule has 27 heavy (non-hydrogen) atoms. The molecule has 0 bridgehead atoms. The molecule has 144 valence electrons. The van der Waals surface area contributed by atoms with Crippen LogP contribution in [0.5, 0.6) is 0 Å². The van der Waals surface area contributed by atoms with Crippen molar-refractivity contribution < 1.29 is 0 Å². The SMILES string of the molecule is C#CC.C=C(Nc1cccc(C)c1C)c1ccc(CCCCCCC)cc1. The van der Waals surface area contributed by atoms with Gasteiger partial charge >= 0.3 is 0 Å². The molecule has 2 aromatic carbocycles. The van der Waals surface area contributed by atoms with Crippen molar-refractivity contribution in [3.63, 3.8) is 0 Å². The van der Waals surface area contributed by atoms with Crippen LogP contribution in [0.2, 0.25) is 0 Å². The van der Waals surface area contributed by atoms with E-state index >= 15 is 0 Å². The molecule has 0 amide bonds. The molecular weight excluding hydrogens is 326 g/mol. The predicted octanol–water partition coefficient (Wildman–Crippen LogP) is 7.54. The van der Waals surface area contributed by atoms with Crippen molar-refractivity contribution >= 4 is 11.4 Å². The maximum atomic E-state index is 4.60. The molecule has 0 radical (unpaired) electrons. The molecule has 1 nitrogen and oxygen atoms in total. The van der Waals surface area contributed by atoms with E-state index in [0.717, 1.165) is 16.9 Å². The molecule has 1 heteroatoms. The van der Waals surface area contributed by atoms with Crippen LogP contribution in [0.25, 0.3) is 5.70 Å². The number of rotatable bonds is 9. The highest BCUT2D eigenvalue weighted by Crippen LogP contribution is 2.23. The fourth-order valence-electron chi connectivity index (χ4n) is 2.93. The quantitative estimate of drug-likeness (QED) is 0.359. The summed E-state index contributed by atoms with van der Waals surface area (Å²) in [6, 6.07) is 15.2. The van der Waals surface area contributed by atoms with Crippen molar-refractivity contribution in [3.8, 4) is 12.3 Å². The Hall–Kier alpha value is -2.46. The van der Waals surface area contributed by atoms with Crippen LogP contribution in [0.4, 0.5) is 5.69 Å². The van der Waals surface area contributed by atoms with Crippen LogP contribution < -0.4 is 5.32 Å². The third-order valence-corrected chi connectivity index (χ3v) is 4.76. The van der Waals surface area contributed by atoms with Gasteiger partial charge in [-0.25, -0.2) is 0 Å². The Balaban J connectivity index is 0.00000114. The molecule has 0 aliphatic heterocycles. The molecule has 0 saturated carbocycles. The van der Waals surface area contributed by atoms with Crippen LogP contribution in [0.3, 0.4) is 0 Å². The van der Waals surface area contributed by atoms with Gasteiger partial charge < -0.3 is 5.32 Å². The first kappa shape index (κ1) is 22.6. The molecule has 0 atom stereocenters. The lowest BCUT2D eigenvalue weighted by Gasteiger charge is -2.14. The summed E-state index contributed by atoms with van der Waals surface area (Å²) in [5.41, 5.74) is 7.26. The van der Waals surface area contributed by atoms with Gasteiger partial charge in [-0.05, 0) is 61.9 Å². The molecule has 0 aromatic heterocycles. The first-order chi connectivity index (χ1) is 13.0. The van der Waals surface area contributed by atoms with Crippen LogP contribution in [0, 0.1) is 26.2 Å². The monoisotopic (exact) mass is 361 g/mol. The van der Waals surface area contributed by atoms with E-state index in [1.165, 1.54) is 55.2 Å². The number of benzene rings is 2. The second kappa shape index (κ2) is 12.8. The highest BCUT2D eigenvalue weighted by Gasteiger charge is 2.04. The maximum absolute atomic E-state index is 4.60. The Morgan fingerprint density at radius 1 is 1.00 bits per heavy atom. The van der Waals surface area contributed by atoms with Gasteiger partial charge in [0.1, 0.15) is 0 Å². The van der Waals surface area contributed by atoms with Crippen molar-refractivity contribution in [1.29, 1.82) is 0 Å². The van der Waals surface area contributed by atoms with Gasteiger partial charge in [-0.2, -0.15) is 0 Å². The minimum absolute atomic E-state index is 0.957. The molecule has 2 aromatic rings. The highest BCUT2D eigenvalue weighted by molar-refractivity contribution is 5.77. The van der Waals surface area contributed by atoms with Crippen LogP contribution >= 0.6 is 0 Å². The molecule has 0 saturated heterocycles. The van der Waals surface area contributed by atoms with Crippen molar-refractivity contribution in [3.05, 3.63) is 71.3 Å². The number of hydrogen-bond acceptors (Lipinski definition) is 1. The van der Waals surface area contributed by atoms with Crippen LogP contribution in [-0.2, 0) is 6.42 Å². The topological polar surface area (TPSA) is 12.0 Å². The molecule has 0 unspecified atom stereocenters. The van der Waals surface area contributed by atoms with Crippen LogP contribution in [0.15, 0.2) is 49.0 Å². The summed E-state index contributed by atoms with van der Waals surface area (Å²) in [7, 11) is 0. The summed E-state index contributed by atoms with van der Waals surface area (Å²) in [4.78, 5) is 0. The summed E-state index contributed by atoms with van der Waals surface area (Å²) in [6.07, 6.45) is 12.5. The van der Waals surface area contributed by atoms with E-state index in [1.807, 2.05) is 0 Å². The molecule has 0 spiro atoms. The molecule has 0 fully saturated rings. The van der Waals surface area contributed by atoms with E-state index in [0.29, 0.717) is 0 Å².